The van der Waals surface area contributed by atoms with Gasteiger partial charge in [0, 0.05) is 10.6 Å². The quantitative estimate of drug-likeness (QED) is 0.358. The summed E-state index contributed by atoms with van der Waals surface area (Å²) in [4.78, 5) is 27.4. The van der Waals surface area contributed by atoms with Gasteiger partial charge >= 0.3 is 0 Å². The number of carbonyl (C=O) groups excluding carboxylic acids is 2. The van der Waals surface area contributed by atoms with E-state index >= 15 is 0 Å². The highest BCUT2D eigenvalue weighted by molar-refractivity contribution is 6.46. The van der Waals surface area contributed by atoms with Crippen LogP contribution in [0, 0.1) is 13.8 Å². The SMILES string of the molecule is Cc1ccc(C)c(C(O)=C2C(=O)C(=O)N(Cc3ccco3)C2c2cccc(Cl)c2)c1. The number of ketones is 1. The van der Waals surface area contributed by atoms with E-state index in [4.69, 9.17) is 16.0 Å². The molecule has 1 atom stereocenters. The molecule has 5 nitrogen and oxygen atoms in total. The first kappa shape index (κ1) is 20.0. The summed E-state index contributed by atoms with van der Waals surface area (Å²) in [6.45, 7) is 3.85. The molecular weight excluding hydrogens is 402 g/mol. The van der Waals surface area contributed by atoms with E-state index in [0.29, 0.717) is 21.9 Å². The average molecular weight is 422 g/mol. The lowest BCUT2D eigenvalue weighted by Crippen LogP contribution is -2.29. The molecule has 0 spiro atoms. The number of rotatable bonds is 4. The molecule has 1 fully saturated rings. The number of carbonyl (C=O) groups is 2. The van der Waals surface area contributed by atoms with Crippen molar-refractivity contribution >= 4 is 29.1 Å². The predicted molar refractivity (Wildman–Crippen MR) is 114 cm³/mol. The average Bonchev–Trinajstić information content (AvgIpc) is 3.32. The van der Waals surface area contributed by atoms with Gasteiger partial charge in [-0.15, -0.1) is 0 Å². The van der Waals surface area contributed by atoms with Gasteiger partial charge in [0.2, 0.25) is 0 Å². The van der Waals surface area contributed by atoms with Crippen LogP contribution in [0.15, 0.2) is 70.9 Å². The Morgan fingerprint density at radius 1 is 1.10 bits per heavy atom. The van der Waals surface area contributed by atoms with E-state index in [1.807, 2.05) is 26.0 Å². The number of furan rings is 1. The Balaban J connectivity index is 1.92. The van der Waals surface area contributed by atoms with Crippen LogP contribution in [0.2, 0.25) is 5.02 Å². The fraction of sp³-hybridized carbons (Fsp3) is 0.167. The molecule has 6 heteroatoms. The largest absolute Gasteiger partial charge is 0.507 e. The summed E-state index contributed by atoms with van der Waals surface area (Å²) in [6.07, 6.45) is 1.51. The summed E-state index contributed by atoms with van der Waals surface area (Å²) in [5, 5.41) is 11.7. The molecule has 1 unspecified atom stereocenters. The zero-order valence-electron chi connectivity index (χ0n) is 16.6. The molecule has 0 bridgehead atoms. The summed E-state index contributed by atoms with van der Waals surface area (Å²) < 4.78 is 5.39. The highest BCUT2D eigenvalue weighted by Gasteiger charge is 2.46. The van der Waals surface area contributed by atoms with Gasteiger partial charge in [-0.3, -0.25) is 9.59 Å². The van der Waals surface area contributed by atoms with Crippen LogP contribution in [0.1, 0.15) is 34.1 Å². The molecule has 2 aromatic carbocycles. The summed E-state index contributed by atoms with van der Waals surface area (Å²) >= 11 is 6.19. The number of hydrogen-bond acceptors (Lipinski definition) is 4. The third kappa shape index (κ3) is 3.53. The maximum atomic E-state index is 13.1. The molecule has 1 aliphatic rings. The van der Waals surface area contributed by atoms with Gasteiger partial charge < -0.3 is 14.4 Å². The number of nitrogens with zero attached hydrogens (tertiary/aromatic N) is 1. The number of amides is 1. The van der Waals surface area contributed by atoms with Crippen molar-refractivity contribution in [1.29, 1.82) is 0 Å². The van der Waals surface area contributed by atoms with E-state index < -0.39 is 17.7 Å². The Morgan fingerprint density at radius 2 is 1.90 bits per heavy atom. The van der Waals surface area contributed by atoms with Crippen molar-refractivity contribution in [2.45, 2.75) is 26.4 Å². The lowest BCUT2D eigenvalue weighted by molar-refractivity contribution is -0.140. The lowest BCUT2D eigenvalue weighted by atomic mass is 9.93. The van der Waals surface area contributed by atoms with Crippen LogP contribution in [0.4, 0.5) is 0 Å². The molecule has 1 N–H and O–H groups in total. The number of aliphatic hydroxyl groups excluding tert-OH is 1. The molecule has 1 aromatic heterocycles. The topological polar surface area (TPSA) is 70.8 Å². The van der Waals surface area contributed by atoms with Gasteiger partial charge in [0.15, 0.2) is 0 Å². The second-order valence-electron chi connectivity index (χ2n) is 7.38. The Morgan fingerprint density at radius 3 is 2.60 bits per heavy atom. The van der Waals surface area contributed by atoms with Crippen LogP contribution in [0.25, 0.3) is 5.76 Å². The van der Waals surface area contributed by atoms with Gasteiger partial charge in [-0.1, -0.05) is 41.4 Å². The van der Waals surface area contributed by atoms with E-state index in [1.165, 1.54) is 11.2 Å². The first-order valence-electron chi connectivity index (χ1n) is 9.50. The summed E-state index contributed by atoms with van der Waals surface area (Å²) in [5.74, 6) is -1.08. The second kappa shape index (κ2) is 7.84. The minimum atomic E-state index is -0.784. The van der Waals surface area contributed by atoms with Crippen molar-refractivity contribution in [2.24, 2.45) is 0 Å². The standard InChI is InChI=1S/C24H20ClNO4/c1-14-8-9-15(2)19(11-14)22(27)20-21(16-5-3-6-17(25)12-16)26(24(29)23(20)28)13-18-7-4-10-30-18/h3-12,21,27H,13H2,1-2H3. The van der Waals surface area contributed by atoms with Crippen molar-refractivity contribution in [3.8, 4) is 0 Å². The smallest absolute Gasteiger partial charge is 0.296 e. The zero-order valence-corrected chi connectivity index (χ0v) is 17.3. The van der Waals surface area contributed by atoms with Crippen LogP contribution in [0.3, 0.4) is 0 Å². The molecule has 2 heterocycles. The monoisotopic (exact) mass is 421 g/mol. The number of halogens is 1. The highest BCUT2D eigenvalue weighted by atomic mass is 35.5. The molecule has 1 aliphatic heterocycles. The molecule has 30 heavy (non-hydrogen) atoms. The maximum absolute atomic E-state index is 13.1. The molecule has 0 aliphatic carbocycles. The van der Waals surface area contributed by atoms with E-state index in [0.717, 1.165) is 11.1 Å². The van der Waals surface area contributed by atoms with Gasteiger partial charge in [-0.2, -0.15) is 0 Å². The minimum Gasteiger partial charge on any atom is -0.507 e. The number of hydrogen-bond donors (Lipinski definition) is 1. The van der Waals surface area contributed by atoms with Crippen molar-refractivity contribution < 1.29 is 19.1 Å². The Bertz CT molecular complexity index is 1160. The normalized spacial score (nSPS) is 18.2. The Labute approximate surface area is 179 Å². The number of likely N-dealkylation sites (tertiary alicyclic amines) is 1. The van der Waals surface area contributed by atoms with Crippen molar-refractivity contribution in [1.82, 2.24) is 4.90 Å². The molecular formula is C24H20ClNO4. The summed E-state index contributed by atoms with van der Waals surface area (Å²) in [5.41, 5.74) is 2.95. The molecule has 0 saturated carbocycles. The zero-order chi connectivity index (χ0) is 21.4. The van der Waals surface area contributed by atoms with Gasteiger partial charge in [-0.25, -0.2) is 0 Å². The first-order valence-corrected chi connectivity index (χ1v) is 9.88. The fourth-order valence-corrected chi connectivity index (χ4v) is 3.97. The van der Waals surface area contributed by atoms with Crippen molar-refractivity contribution in [3.63, 3.8) is 0 Å². The molecule has 0 radical (unpaired) electrons. The highest BCUT2D eigenvalue weighted by Crippen LogP contribution is 2.41. The van der Waals surface area contributed by atoms with Crippen LogP contribution < -0.4 is 0 Å². The molecule has 4 rings (SSSR count). The lowest BCUT2D eigenvalue weighted by Gasteiger charge is -2.24. The van der Waals surface area contributed by atoms with Gasteiger partial charge in [0.05, 0.1) is 24.4 Å². The van der Waals surface area contributed by atoms with Gasteiger partial charge in [0.1, 0.15) is 11.5 Å². The van der Waals surface area contributed by atoms with Crippen LogP contribution >= 0.6 is 11.6 Å². The third-order valence-corrected chi connectivity index (χ3v) is 5.49. The van der Waals surface area contributed by atoms with E-state index in [-0.39, 0.29) is 17.9 Å². The number of Topliss-reactive ketones (excluding diaryl/α,β-unsaturated/α-hetero) is 1. The molecule has 152 valence electrons. The minimum absolute atomic E-state index is 0.0440. The van der Waals surface area contributed by atoms with Gasteiger partial charge in [0.25, 0.3) is 11.7 Å². The number of aliphatic hydroxyl groups is 1. The van der Waals surface area contributed by atoms with E-state index in [9.17, 15) is 14.7 Å². The van der Waals surface area contributed by atoms with Crippen molar-refractivity contribution in [3.05, 3.63) is 99.5 Å². The molecule has 1 amide bonds. The number of benzene rings is 2. The van der Waals surface area contributed by atoms with E-state index in [1.54, 1.807) is 42.5 Å². The number of aryl methyl sites for hydroxylation is 2. The van der Waals surface area contributed by atoms with Crippen molar-refractivity contribution in [2.75, 3.05) is 0 Å². The first-order chi connectivity index (χ1) is 14.4. The fourth-order valence-electron chi connectivity index (χ4n) is 3.77. The van der Waals surface area contributed by atoms with Gasteiger partial charge in [-0.05, 0) is 55.3 Å². The van der Waals surface area contributed by atoms with Crippen LogP contribution in [-0.4, -0.2) is 21.7 Å². The Kier molecular flexibility index (Phi) is 5.22. The second-order valence-corrected chi connectivity index (χ2v) is 7.82. The maximum Gasteiger partial charge on any atom is 0.296 e. The Hall–Kier alpha value is -3.31. The predicted octanol–water partition coefficient (Wildman–Crippen LogP) is 5.17. The summed E-state index contributed by atoms with van der Waals surface area (Å²) in [6, 6.07) is 15.2. The molecule has 3 aromatic rings. The third-order valence-electron chi connectivity index (χ3n) is 5.26. The molecule has 1 saturated heterocycles. The van der Waals surface area contributed by atoms with Crippen LogP contribution in [0.5, 0.6) is 0 Å². The van der Waals surface area contributed by atoms with Crippen LogP contribution in [-0.2, 0) is 16.1 Å². The van der Waals surface area contributed by atoms with E-state index in [2.05, 4.69) is 0 Å². The summed E-state index contributed by atoms with van der Waals surface area (Å²) in [7, 11) is 0.